The molecule has 1 N–H and O–H groups in total. The zero-order valence-electron chi connectivity index (χ0n) is 15.7. The van der Waals surface area contributed by atoms with E-state index in [0.29, 0.717) is 32.6 Å². The average molecular weight is 394 g/mol. The van der Waals surface area contributed by atoms with Gasteiger partial charge in [-0.2, -0.15) is 8.78 Å². The fourth-order valence-corrected chi connectivity index (χ4v) is 3.08. The number of alkyl halides is 2. The summed E-state index contributed by atoms with van der Waals surface area (Å²) in [4.78, 5) is 16.3. The zero-order chi connectivity index (χ0) is 19.9. The van der Waals surface area contributed by atoms with Gasteiger partial charge in [0.25, 0.3) is 0 Å². The van der Waals surface area contributed by atoms with E-state index in [1.54, 1.807) is 17.0 Å². The van der Waals surface area contributed by atoms with Crippen LogP contribution in [0.3, 0.4) is 0 Å². The highest BCUT2D eigenvalue weighted by Crippen LogP contribution is 2.15. The van der Waals surface area contributed by atoms with Gasteiger partial charge in [-0.05, 0) is 31.0 Å². The number of urea groups is 1. The molecule has 0 atom stereocenters. The second kappa shape index (κ2) is 9.50. The molecule has 28 heavy (non-hydrogen) atoms. The Morgan fingerprint density at radius 1 is 1.25 bits per heavy atom. The molecule has 0 spiro atoms. The molecule has 2 aromatic rings. The van der Waals surface area contributed by atoms with Gasteiger partial charge in [-0.3, -0.25) is 4.90 Å². The third-order valence-corrected chi connectivity index (χ3v) is 4.55. The standard InChI is InChI=1S/C19H24F2N4O3/c1-14-12-17(28-23-14)13-24-8-10-25(11-9-24)19(26)22-7-6-15-2-4-16(5-3-15)27-18(20)21/h2-5,12,18H,6-11,13H2,1H3,(H,22,26). The number of ether oxygens (including phenoxy) is 1. The summed E-state index contributed by atoms with van der Waals surface area (Å²) in [5.74, 6) is 0.960. The van der Waals surface area contributed by atoms with E-state index in [0.717, 1.165) is 30.1 Å². The number of aromatic nitrogens is 1. The minimum absolute atomic E-state index is 0.0900. The SMILES string of the molecule is Cc1cc(CN2CCN(C(=O)NCCc3ccc(OC(F)F)cc3)CC2)on1. The van der Waals surface area contributed by atoms with E-state index in [9.17, 15) is 13.6 Å². The number of carbonyl (C=O) groups excluding carboxylic acids is 1. The molecule has 0 bridgehead atoms. The maximum atomic E-state index is 12.3. The molecule has 0 aliphatic carbocycles. The molecular formula is C19H24F2N4O3. The van der Waals surface area contributed by atoms with Crippen molar-refractivity contribution in [2.24, 2.45) is 0 Å². The normalized spacial score (nSPS) is 15.1. The van der Waals surface area contributed by atoms with Gasteiger partial charge in [-0.1, -0.05) is 17.3 Å². The van der Waals surface area contributed by atoms with Crippen LogP contribution in [0.2, 0.25) is 0 Å². The van der Waals surface area contributed by atoms with E-state index < -0.39 is 6.61 Å². The third-order valence-electron chi connectivity index (χ3n) is 4.55. The van der Waals surface area contributed by atoms with E-state index in [4.69, 9.17) is 4.52 Å². The Kier molecular flexibility index (Phi) is 6.80. The van der Waals surface area contributed by atoms with Crippen molar-refractivity contribution in [2.75, 3.05) is 32.7 Å². The van der Waals surface area contributed by atoms with Crippen molar-refractivity contribution in [2.45, 2.75) is 26.5 Å². The first-order valence-corrected chi connectivity index (χ1v) is 9.20. The molecule has 1 aromatic carbocycles. The van der Waals surface area contributed by atoms with Gasteiger partial charge in [0.15, 0.2) is 5.76 Å². The van der Waals surface area contributed by atoms with Crippen LogP contribution in [0, 0.1) is 6.92 Å². The molecule has 1 saturated heterocycles. The van der Waals surface area contributed by atoms with Crippen LogP contribution < -0.4 is 10.1 Å². The lowest BCUT2D eigenvalue weighted by Crippen LogP contribution is -2.51. The lowest BCUT2D eigenvalue weighted by molar-refractivity contribution is -0.0498. The molecule has 1 aliphatic rings. The van der Waals surface area contributed by atoms with Crippen LogP contribution in [0.5, 0.6) is 5.75 Å². The lowest BCUT2D eigenvalue weighted by Gasteiger charge is -2.34. The maximum Gasteiger partial charge on any atom is 0.387 e. The number of piperazine rings is 1. The number of carbonyl (C=O) groups is 1. The highest BCUT2D eigenvalue weighted by atomic mass is 19.3. The topological polar surface area (TPSA) is 70.8 Å². The lowest BCUT2D eigenvalue weighted by atomic mass is 10.1. The molecule has 1 fully saturated rings. The van der Waals surface area contributed by atoms with Crippen LogP contribution in [-0.4, -0.2) is 60.3 Å². The van der Waals surface area contributed by atoms with Gasteiger partial charge >= 0.3 is 12.6 Å². The summed E-state index contributed by atoms with van der Waals surface area (Å²) in [5, 5.41) is 6.79. The summed E-state index contributed by atoms with van der Waals surface area (Å²) < 4.78 is 33.8. The number of benzene rings is 1. The summed E-state index contributed by atoms with van der Waals surface area (Å²) >= 11 is 0. The Morgan fingerprint density at radius 2 is 1.96 bits per heavy atom. The number of nitrogens with one attached hydrogen (secondary N) is 1. The van der Waals surface area contributed by atoms with Gasteiger partial charge in [0.05, 0.1) is 12.2 Å². The van der Waals surface area contributed by atoms with E-state index in [1.165, 1.54) is 12.1 Å². The number of aryl methyl sites for hydroxylation is 1. The number of amides is 2. The van der Waals surface area contributed by atoms with Crippen molar-refractivity contribution >= 4 is 6.03 Å². The van der Waals surface area contributed by atoms with Crippen molar-refractivity contribution in [3.8, 4) is 5.75 Å². The molecule has 2 heterocycles. The molecule has 1 aromatic heterocycles. The van der Waals surface area contributed by atoms with E-state index in [-0.39, 0.29) is 11.8 Å². The molecule has 2 amide bonds. The van der Waals surface area contributed by atoms with E-state index in [2.05, 4.69) is 20.1 Å². The van der Waals surface area contributed by atoms with Crippen LogP contribution in [0.15, 0.2) is 34.9 Å². The van der Waals surface area contributed by atoms with Crippen molar-refractivity contribution in [3.63, 3.8) is 0 Å². The summed E-state index contributed by atoms with van der Waals surface area (Å²) in [6, 6.07) is 8.26. The first-order valence-electron chi connectivity index (χ1n) is 9.20. The number of rotatable bonds is 7. The Hall–Kier alpha value is -2.68. The largest absolute Gasteiger partial charge is 0.435 e. The smallest absolute Gasteiger partial charge is 0.387 e. The van der Waals surface area contributed by atoms with Crippen LogP contribution in [0.1, 0.15) is 17.0 Å². The molecule has 0 unspecified atom stereocenters. The van der Waals surface area contributed by atoms with Crippen molar-refractivity contribution in [3.05, 3.63) is 47.3 Å². The van der Waals surface area contributed by atoms with Crippen LogP contribution in [0.25, 0.3) is 0 Å². The predicted octanol–water partition coefficient (Wildman–Crippen LogP) is 2.65. The summed E-state index contributed by atoms with van der Waals surface area (Å²) in [7, 11) is 0. The van der Waals surface area contributed by atoms with Gasteiger partial charge in [0.1, 0.15) is 5.75 Å². The van der Waals surface area contributed by atoms with Crippen LogP contribution >= 0.6 is 0 Å². The summed E-state index contributed by atoms with van der Waals surface area (Å²) in [5.41, 5.74) is 1.80. The number of nitrogens with zero attached hydrogens (tertiary/aromatic N) is 3. The first kappa shape index (κ1) is 20.1. The number of halogens is 2. The Balaban J connectivity index is 1.35. The first-order chi connectivity index (χ1) is 13.5. The van der Waals surface area contributed by atoms with Crippen LogP contribution in [0.4, 0.5) is 13.6 Å². The molecule has 1 aliphatic heterocycles. The van der Waals surface area contributed by atoms with Crippen LogP contribution in [-0.2, 0) is 13.0 Å². The molecule has 7 nitrogen and oxygen atoms in total. The second-order valence-corrected chi connectivity index (χ2v) is 6.70. The second-order valence-electron chi connectivity index (χ2n) is 6.70. The van der Waals surface area contributed by atoms with Gasteiger partial charge in [0.2, 0.25) is 0 Å². The highest BCUT2D eigenvalue weighted by Gasteiger charge is 2.21. The summed E-state index contributed by atoms with van der Waals surface area (Å²) in [6.45, 7) is 3.09. The van der Waals surface area contributed by atoms with Gasteiger partial charge in [-0.25, -0.2) is 4.79 Å². The Morgan fingerprint density at radius 3 is 2.57 bits per heavy atom. The molecular weight excluding hydrogens is 370 g/mol. The Labute approximate surface area is 162 Å². The fourth-order valence-electron chi connectivity index (χ4n) is 3.08. The minimum atomic E-state index is -2.83. The highest BCUT2D eigenvalue weighted by molar-refractivity contribution is 5.74. The quantitative estimate of drug-likeness (QED) is 0.782. The number of hydrogen-bond donors (Lipinski definition) is 1. The van der Waals surface area contributed by atoms with Gasteiger partial charge in [-0.15, -0.1) is 0 Å². The van der Waals surface area contributed by atoms with Gasteiger partial charge in [0, 0.05) is 38.8 Å². The zero-order valence-corrected chi connectivity index (χ0v) is 15.7. The van der Waals surface area contributed by atoms with E-state index >= 15 is 0 Å². The third kappa shape index (κ3) is 5.91. The molecule has 0 saturated carbocycles. The van der Waals surface area contributed by atoms with Crippen molar-refractivity contribution in [1.29, 1.82) is 0 Å². The monoisotopic (exact) mass is 394 g/mol. The van der Waals surface area contributed by atoms with Crippen molar-refractivity contribution in [1.82, 2.24) is 20.3 Å². The van der Waals surface area contributed by atoms with Crippen molar-refractivity contribution < 1.29 is 22.8 Å². The minimum Gasteiger partial charge on any atom is -0.435 e. The maximum absolute atomic E-state index is 12.3. The molecule has 3 rings (SSSR count). The molecule has 9 heteroatoms. The van der Waals surface area contributed by atoms with Gasteiger partial charge < -0.3 is 19.5 Å². The Bertz CT molecular complexity index is 759. The average Bonchev–Trinajstić information content (AvgIpc) is 3.08. The predicted molar refractivity (Wildman–Crippen MR) is 98.3 cm³/mol. The van der Waals surface area contributed by atoms with E-state index in [1.807, 2.05) is 13.0 Å². The molecule has 0 radical (unpaired) electrons. The number of hydrogen-bond acceptors (Lipinski definition) is 5. The fraction of sp³-hybridized carbons (Fsp3) is 0.474. The summed E-state index contributed by atoms with van der Waals surface area (Å²) in [6.07, 6.45) is 0.617. The molecule has 152 valence electrons.